The molecule has 37 heavy (non-hydrogen) atoms. The number of aliphatic carboxylic acids is 1. The van der Waals surface area contributed by atoms with Gasteiger partial charge < -0.3 is 35.7 Å². The predicted octanol–water partition coefficient (Wildman–Crippen LogP) is -1.51. The molecule has 2 aliphatic heterocycles. The number of aliphatic hydroxyl groups excluding tert-OH is 2. The number of amides is 2. The van der Waals surface area contributed by atoms with Crippen molar-refractivity contribution in [2.75, 3.05) is 58.2 Å². The van der Waals surface area contributed by atoms with Crippen molar-refractivity contribution >= 4 is 51.9 Å². The largest absolute Gasteiger partial charge is 0.477 e. The van der Waals surface area contributed by atoms with Crippen LogP contribution in [0.3, 0.4) is 0 Å². The van der Waals surface area contributed by atoms with E-state index in [-0.39, 0.29) is 35.6 Å². The van der Waals surface area contributed by atoms with Crippen molar-refractivity contribution in [3.05, 3.63) is 29.2 Å². The van der Waals surface area contributed by atoms with Crippen LogP contribution in [0.2, 0.25) is 0 Å². The first-order valence-electron chi connectivity index (χ1n) is 10.9. The number of carboxylic acid groups (broad SMARTS) is 1. The van der Waals surface area contributed by atoms with E-state index in [0.29, 0.717) is 29.7 Å². The molecule has 1 aromatic rings. The van der Waals surface area contributed by atoms with Gasteiger partial charge in [-0.3, -0.25) is 14.5 Å². The van der Waals surface area contributed by atoms with Gasteiger partial charge in [0.15, 0.2) is 5.13 Å². The summed E-state index contributed by atoms with van der Waals surface area (Å²) >= 11 is 2.04. The maximum absolute atomic E-state index is 12.9. The summed E-state index contributed by atoms with van der Waals surface area (Å²) in [5, 5.41) is 33.6. The zero-order valence-electron chi connectivity index (χ0n) is 19.7. The molecule has 1 saturated heterocycles. The fourth-order valence-electron chi connectivity index (χ4n) is 3.81. The van der Waals surface area contributed by atoms with Crippen LogP contribution in [0, 0.1) is 0 Å². The topological polar surface area (TPSA) is 201 Å². The van der Waals surface area contributed by atoms with Crippen LogP contribution in [0.25, 0.3) is 0 Å². The number of fused-ring (bicyclic) bond motifs is 1. The fraction of sp³-hybridized carbons (Fsp3) is 0.500. The number of allylic oxidation sites excluding steroid dienone is 1. The quantitative estimate of drug-likeness (QED) is 0.0813. The van der Waals surface area contributed by atoms with E-state index in [0.717, 1.165) is 16.4 Å². The number of thioether (sulfide) groups is 1. The van der Waals surface area contributed by atoms with E-state index >= 15 is 0 Å². The van der Waals surface area contributed by atoms with Crippen LogP contribution in [0.5, 0.6) is 0 Å². The predicted molar refractivity (Wildman–Crippen MR) is 132 cm³/mol. The van der Waals surface area contributed by atoms with E-state index in [2.05, 4.69) is 24.7 Å². The maximum Gasteiger partial charge on any atom is 0.352 e. The number of halogens is 1. The zero-order valence-corrected chi connectivity index (χ0v) is 21.4. The molecule has 0 aromatic carbocycles. The van der Waals surface area contributed by atoms with Crippen molar-refractivity contribution in [2.24, 2.45) is 5.16 Å². The third-order valence-electron chi connectivity index (χ3n) is 5.71. The van der Waals surface area contributed by atoms with Gasteiger partial charge in [-0.05, 0) is 11.6 Å². The highest BCUT2D eigenvalue weighted by Gasteiger charge is 2.54. The minimum atomic E-state index is -1.31. The standard InChI is InChI=1S/C20H26FN7O7S2/c1-28(5-7-29,6-8-30)4-2-3-11-9-36-18-13(17(32)27(18)14(11)19(33)34)23-16(31)12(25-35-10-21)15-24-20(22)37-26-15/h2-3,13,18,29-30H,4-10H2,1H3,(H3-,22,23,24,26,31,33,34)/p+1/b3-2+,25-12-/t13-,18-/m1/s1. The Balaban J connectivity index is 1.76. The summed E-state index contributed by atoms with van der Waals surface area (Å²) in [5.41, 5.74) is 5.26. The van der Waals surface area contributed by atoms with Gasteiger partial charge in [-0.2, -0.15) is 9.36 Å². The molecule has 0 bridgehead atoms. The second-order valence-corrected chi connectivity index (χ2v) is 10.2. The number of nitrogens with one attached hydrogen (secondary N) is 1. The number of rotatable bonds is 13. The number of aromatic nitrogens is 2. The zero-order chi connectivity index (χ0) is 27.2. The van der Waals surface area contributed by atoms with Crippen LogP contribution in [-0.2, 0) is 19.2 Å². The number of nitrogen functional groups attached to an aromatic ring is 1. The first-order chi connectivity index (χ1) is 17.7. The molecule has 1 aromatic heterocycles. The summed E-state index contributed by atoms with van der Waals surface area (Å²) in [6, 6.07) is -1.07. The van der Waals surface area contributed by atoms with Gasteiger partial charge in [-0.15, -0.1) is 11.8 Å². The van der Waals surface area contributed by atoms with Crippen LogP contribution in [0.15, 0.2) is 28.6 Å². The van der Waals surface area contributed by atoms with E-state index in [1.54, 1.807) is 12.2 Å². The number of hydrogen-bond donors (Lipinski definition) is 5. The number of anilines is 1. The Hall–Kier alpha value is -3.12. The van der Waals surface area contributed by atoms with E-state index in [1.165, 1.54) is 11.8 Å². The molecule has 3 rings (SSSR count). The number of alkyl halides is 1. The van der Waals surface area contributed by atoms with Gasteiger partial charge in [0.05, 0.1) is 26.8 Å². The number of carbonyl (C=O) groups is 3. The average molecular weight is 561 g/mol. The Morgan fingerprint density at radius 3 is 2.65 bits per heavy atom. The normalized spacial score (nSPS) is 20.2. The lowest BCUT2D eigenvalue weighted by Gasteiger charge is -2.49. The monoisotopic (exact) mass is 560 g/mol. The smallest absolute Gasteiger partial charge is 0.352 e. The minimum absolute atomic E-state index is 0.0353. The van der Waals surface area contributed by atoms with Gasteiger partial charge in [0.25, 0.3) is 18.7 Å². The molecule has 3 heterocycles. The summed E-state index contributed by atoms with van der Waals surface area (Å²) in [6.45, 7) is -0.216. The molecule has 0 aliphatic carbocycles. The Morgan fingerprint density at radius 1 is 1.38 bits per heavy atom. The molecule has 6 N–H and O–H groups in total. The van der Waals surface area contributed by atoms with Crippen molar-refractivity contribution in [1.82, 2.24) is 19.6 Å². The van der Waals surface area contributed by atoms with Gasteiger partial charge in [0.1, 0.15) is 30.2 Å². The molecule has 0 spiro atoms. The molecular weight excluding hydrogens is 533 g/mol. The van der Waals surface area contributed by atoms with Crippen LogP contribution in [0.1, 0.15) is 5.82 Å². The highest BCUT2D eigenvalue weighted by molar-refractivity contribution is 8.00. The Labute approximate surface area is 219 Å². The molecule has 0 saturated carbocycles. The van der Waals surface area contributed by atoms with Gasteiger partial charge in [0, 0.05) is 17.3 Å². The van der Waals surface area contributed by atoms with Crippen molar-refractivity contribution < 1.29 is 43.4 Å². The molecule has 1 fully saturated rings. The second kappa shape index (κ2) is 12.4. The van der Waals surface area contributed by atoms with Crippen molar-refractivity contribution in [3.8, 4) is 0 Å². The van der Waals surface area contributed by atoms with E-state index in [4.69, 9.17) is 5.73 Å². The van der Waals surface area contributed by atoms with Crippen LogP contribution < -0.4 is 11.1 Å². The fourth-order valence-corrected chi connectivity index (χ4v) is 5.56. The lowest BCUT2D eigenvalue weighted by molar-refractivity contribution is -0.904. The first-order valence-corrected chi connectivity index (χ1v) is 12.8. The van der Waals surface area contributed by atoms with Crippen LogP contribution in [0.4, 0.5) is 9.52 Å². The number of nitrogens with zero attached hydrogens (tertiary/aromatic N) is 5. The highest BCUT2D eigenvalue weighted by Crippen LogP contribution is 2.40. The highest BCUT2D eigenvalue weighted by atomic mass is 32.2. The third-order valence-corrected chi connectivity index (χ3v) is 7.55. The van der Waals surface area contributed by atoms with Gasteiger partial charge >= 0.3 is 5.97 Å². The first kappa shape index (κ1) is 28.5. The minimum Gasteiger partial charge on any atom is -0.477 e. The number of hydrogen-bond acceptors (Lipinski definition) is 12. The van der Waals surface area contributed by atoms with Crippen molar-refractivity contribution in [1.29, 1.82) is 0 Å². The summed E-state index contributed by atoms with van der Waals surface area (Å²) in [7, 11) is 1.85. The molecule has 2 atom stereocenters. The van der Waals surface area contributed by atoms with Gasteiger partial charge in [-0.25, -0.2) is 9.18 Å². The summed E-state index contributed by atoms with van der Waals surface area (Å²) in [6.07, 6.45) is 3.36. The number of oxime groups is 1. The van der Waals surface area contributed by atoms with Crippen molar-refractivity contribution in [3.63, 3.8) is 0 Å². The third kappa shape index (κ3) is 6.42. The Kier molecular flexibility index (Phi) is 9.55. The number of β-lactam (4-membered cyclic amide) rings is 1. The number of likely N-dealkylation sites (N-methyl/N-ethyl adjacent to an activating group) is 1. The van der Waals surface area contributed by atoms with E-state index < -0.39 is 41.8 Å². The van der Waals surface area contributed by atoms with Crippen molar-refractivity contribution in [2.45, 2.75) is 11.4 Å². The van der Waals surface area contributed by atoms with Gasteiger partial charge in [0.2, 0.25) is 11.5 Å². The lowest BCUT2D eigenvalue weighted by Crippen LogP contribution is -2.71. The van der Waals surface area contributed by atoms with Crippen LogP contribution in [-0.4, -0.2) is 121 Å². The van der Waals surface area contributed by atoms with E-state index in [1.807, 2.05) is 7.05 Å². The molecular formula is C20H27FN7O7S2+. The lowest BCUT2D eigenvalue weighted by atomic mass is 10.0. The SMILES string of the molecule is C[N+](C/C=C/C1=C(C(=O)O)N2C(=O)[C@@H](NC(=O)/C(=N\OCF)c3nsc(N)n3)[C@H]2SC1)(CCO)CCO. The van der Waals surface area contributed by atoms with Crippen LogP contribution >= 0.6 is 23.3 Å². The van der Waals surface area contributed by atoms with Gasteiger partial charge in [-0.1, -0.05) is 11.2 Å². The number of quaternary nitrogens is 1. The molecule has 0 unspecified atom stereocenters. The number of carbonyl (C=O) groups excluding carboxylic acids is 2. The molecule has 202 valence electrons. The number of aliphatic hydroxyl groups is 2. The summed E-state index contributed by atoms with van der Waals surface area (Å²) < 4.78 is 16.7. The number of carboxylic acids is 1. The van der Waals surface area contributed by atoms with E-state index in [9.17, 15) is 34.1 Å². The molecule has 2 amide bonds. The average Bonchev–Trinajstić information content (AvgIpc) is 3.28. The molecule has 2 aliphatic rings. The summed E-state index contributed by atoms with van der Waals surface area (Å²) in [5.74, 6) is -2.82. The summed E-state index contributed by atoms with van der Waals surface area (Å²) in [4.78, 5) is 47.0. The Bertz CT molecular complexity index is 1120. The molecule has 0 radical (unpaired) electrons. The molecule has 17 heteroatoms. The second-order valence-electron chi connectivity index (χ2n) is 8.27. The number of nitrogens with two attached hydrogens (primary N) is 1. The maximum atomic E-state index is 12.9. The molecule has 14 nitrogen and oxygen atoms in total. The Morgan fingerprint density at radius 2 is 2.08 bits per heavy atom.